The third-order valence-electron chi connectivity index (χ3n) is 3.54. The van der Waals surface area contributed by atoms with Crippen LogP contribution in [0.3, 0.4) is 0 Å². The minimum Gasteiger partial charge on any atom is -0.457 e. The summed E-state index contributed by atoms with van der Waals surface area (Å²) in [5.41, 5.74) is 2.28. The van der Waals surface area contributed by atoms with E-state index >= 15 is 0 Å². The fourth-order valence-electron chi connectivity index (χ4n) is 2.21. The maximum Gasteiger partial charge on any atom is 0.333 e. The molecule has 4 heteroatoms. The van der Waals surface area contributed by atoms with Gasteiger partial charge in [0.15, 0.2) is 0 Å². The molecule has 0 atom stereocenters. The summed E-state index contributed by atoms with van der Waals surface area (Å²) in [6.45, 7) is 10.5. The molecule has 4 nitrogen and oxygen atoms in total. The molecular formula is C20H20O4. The highest BCUT2D eigenvalue weighted by molar-refractivity contribution is 5.89. The van der Waals surface area contributed by atoms with Crippen molar-refractivity contribution < 1.29 is 19.1 Å². The molecule has 0 bridgehead atoms. The van der Waals surface area contributed by atoms with Crippen molar-refractivity contribution in [2.45, 2.75) is 27.1 Å². The van der Waals surface area contributed by atoms with Crippen molar-refractivity contribution in [3.63, 3.8) is 0 Å². The van der Waals surface area contributed by atoms with Gasteiger partial charge in [0.05, 0.1) is 0 Å². The molecule has 0 aliphatic rings. The predicted octanol–water partition coefficient (Wildman–Crippen LogP) is 4.08. The maximum absolute atomic E-state index is 11.7. The maximum atomic E-state index is 11.7. The second-order valence-corrected chi connectivity index (χ2v) is 5.64. The smallest absolute Gasteiger partial charge is 0.333 e. The zero-order chi connectivity index (χ0) is 17.7. The second-order valence-electron chi connectivity index (χ2n) is 5.64. The lowest BCUT2D eigenvalue weighted by Crippen LogP contribution is -2.10. The Balaban J connectivity index is 2.33. The summed E-state index contributed by atoms with van der Waals surface area (Å²) < 4.78 is 10.5. The largest absolute Gasteiger partial charge is 0.457 e. The fraction of sp³-hybridized carbons (Fsp3) is 0.200. The van der Waals surface area contributed by atoms with Gasteiger partial charge in [0, 0.05) is 16.7 Å². The molecule has 24 heavy (non-hydrogen) atoms. The van der Waals surface area contributed by atoms with Crippen LogP contribution in [0.5, 0.6) is 0 Å². The van der Waals surface area contributed by atoms with E-state index in [9.17, 15) is 9.59 Å². The topological polar surface area (TPSA) is 52.6 Å². The Labute approximate surface area is 141 Å². The van der Waals surface area contributed by atoms with Gasteiger partial charge >= 0.3 is 11.9 Å². The molecule has 124 valence electrons. The molecule has 0 heterocycles. The van der Waals surface area contributed by atoms with Gasteiger partial charge in [0.2, 0.25) is 0 Å². The van der Waals surface area contributed by atoms with E-state index in [0.29, 0.717) is 11.1 Å². The van der Waals surface area contributed by atoms with Gasteiger partial charge < -0.3 is 9.47 Å². The number of hydrogen-bond acceptors (Lipinski definition) is 4. The van der Waals surface area contributed by atoms with Crippen LogP contribution in [0.15, 0.2) is 60.7 Å². The minimum atomic E-state index is -0.451. The van der Waals surface area contributed by atoms with Gasteiger partial charge in [-0.1, -0.05) is 49.6 Å². The standard InChI is InChI=1S/C20H20O4/c1-13(2)19(21)23-11-16-10-9-15-7-5-6-8-17(15)18(16)12-24-20(22)14(3)4/h5-10H,1,3,11-12H2,2,4H3. The summed E-state index contributed by atoms with van der Waals surface area (Å²) in [5.74, 6) is -0.902. The van der Waals surface area contributed by atoms with E-state index in [0.717, 1.165) is 21.9 Å². The highest BCUT2D eigenvalue weighted by Crippen LogP contribution is 2.24. The molecule has 0 aromatic heterocycles. The molecule has 0 saturated heterocycles. The Kier molecular flexibility index (Phi) is 5.53. The molecule has 2 aromatic carbocycles. The SMILES string of the molecule is C=C(C)C(=O)OCc1ccc2ccccc2c1COC(=O)C(=C)C. The van der Waals surface area contributed by atoms with E-state index < -0.39 is 11.9 Å². The lowest BCUT2D eigenvalue weighted by atomic mass is 10.00. The molecule has 0 N–H and O–H groups in total. The van der Waals surface area contributed by atoms with Crippen molar-refractivity contribution >= 4 is 22.7 Å². The Hall–Kier alpha value is -2.88. The average molecular weight is 324 g/mol. The Morgan fingerprint density at radius 3 is 2.08 bits per heavy atom. The normalized spacial score (nSPS) is 10.2. The number of rotatable bonds is 6. The first kappa shape index (κ1) is 17.5. The van der Waals surface area contributed by atoms with Gasteiger partial charge in [-0.05, 0) is 30.2 Å². The molecule has 0 amide bonds. The molecule has 0 fully saturated rings. The Morgan fingerprint density at radius 1 is 0.875 bits per heavy atom. The lowest BCUT2D eigenvalue weighted by Gasteiger charge is -2.14. The van der Waals surface area contributed by atoms with E-state index in [2.05, 4.69) is 13.2 Å². The summed E-state index contributed by atoms with van der Waals surface area (Å²) >= 11 is 0. The van der Waals surface area contributed by atoms with Gasteiger partial charge in [-0.3, -0.25) is 0 Å². The number of esters is 2. The van der Waals surface area contributed by atoms with Gasteiger partial charge in [-0.25, -0.2) is 9.59 Å². The minimum absolute atomic E-state index is 0.0903. The highest BCUT2D eigenvalue weighted by Gasteiger charge is 2.13. The first-order chi connectivity index (χ1) is 11.4. The van der Waals surface area contributed by atoms with Crippen molar-refractivity contribution in [1.29, 1.82) is 0 Å². The molecule has 0 unspecified atom stereocenters. The summed E-state index contributed by atoms with van der Waals surface area (Å²) in [4.78, 5) is 23.3. The van der Waals surface area contributed by atoms with E-state index in [1.54, 1.807) is 13.8 Å². The van der Waals surface area contributed by atoms with E-state index in [4.69, 9.17) is 9.47 Å². The van der Waals surface area contributed by atoms with E-state index in [-0.39, 0.29) is 13.2 Å². The highest BCUT2D eigenvalue weighted by atomic mass is 16.5. The van der Waals surface area contributed by atoms with Crippen LogP contribution in [0.25, 0.3) is 10.8 Å². The molecule has 0 aliphatic heterocycles. The average Bonchev–Trinajstić information content (AvgIpc) is 2.57. The van der Waals surface area contributed by atoms with Crippen molar-refractivity contribution in [2.24, 2.45) is 0 Å². The first-order valence-electron chi connectivity index (χ1n) is 7.55. The van der Waals surface area contributed by atoms with E-state index in [1.807, 2.05) is 36.4 Å². The number of ether oxygens (including phenoxy) is 2. The monoisotopic (exact) mass is 324 g/mol. The number of benzene rings is 2. The summed E-state index contributed by atoms with van der Waals surface area (Å²) in [6.07, 6.45) is 0. The van der Waals surface area contributed by atoms with Crippen LogP contribution in [-0.4, -0.2) is 11.9 Å². The lowest BCUT2D eigenvalue weighted by molar-refractivity contribution is -0.141. The number of fused-ring (bicyclic) bond motifs is 1. The molecule has 0 saturated carbocycles. The van der Waals surface area contributed by atoms with Gasteiger partial charge in [0.25, 0.3) is 0 Å². The van der Waals surface area contributed by atoms with Gasteiger partial charge in [-0.2, -0.15) is 0 Å². The van der Waals surface area contributed by atoms with Crippen molar-refractivity contribution in [1.82, 2.24) is 0 Å². The first-order valence-corrected chi connectivity index (χ1v) is 7.55. The van der Waals surface area contributed by atoms with Crippen LogP contribution < -0.4 is 0 Å². The van der Waals surface area contributed by atoms with Crippen molar-refractivity contribution in [3.8, 4) is 0 Å². The van der Waals surface area contributed by atoms with Gasteiger partial charge in [-0.15, -0.1) is 0 Å². The van der Waals surface area contributed by atoms with Gasteiger partial charge in [0.1, 0.15) is 13.2 Å². The van der Waals surface area contributed by atoms with Crippen molar-refractivity contribution in [2.75, 3.05) is 0 Å². The zero-order valence-electron chi connectivity index (χ0n) is 13.9. The molecule has 0 spiro atoms. The zero-order valence-corrected chi connectivity index (χ0v) is 13.9. The summed E-state index contributed by atoms with van der Waals surface area (Å²) in [7, 11) is 0. The van der Waals surface area contributed by atoms with Crippen LogP contribution in [-0.2, 0) is 32.3 Å². The summed E-state index contributed by atoms with van der Waals surface area (Å²) in [6, 6.07) is 11.6. The summed E-state index contributed by atoms with van der Waals surface area (Å²) in [5, 5.41) is 1.98. The quantitative estimate of drug-likeness (QED) is 0.593. The van der Waals surface area contributed by atoms with Crippen LogP contribution >= 0.6 is 0 Å². The predicted molar refractivity (Wildman–Crippen MR) is 93.2 cm³/mol. The van der Waals surface area contributed by atoms with Crippen LogP contribution in [0.2, 0.25) is 0 Å². The number of carbonyl (C=O) groups is 2. The van der Waals surface area contributed by atoms with Crippen LogP contribution in [0, 0.1) is 0 Å². The molecule has 0 radical (unpaired) electrons. The molecular weight excluding hydrogens is 304 g/mol. The third kappa shape index (κ3) is 4.10. The molecule has 2 aromatic rings. The van der Waals surface area contributed by atoms with Crippen LogP contribution in [0.4, 0.5) is 0 Å². The second kappa shape index (κ2) is 7.59. The molecule has 2 rings (SSSR count). The Morgan fingerprint density at radius 2 is 1.46 bits per heavy atom. The third-order valence-corrected chi connectivity index (χ3v) is 3.54. The number of hydrogen-bond donors (Lipinski definition) is 0. The fourth-order valence-corrected chi connectivity index (χ4v) is 2.21. The number of carbonyl (C=O) groups excluding carboxylic acids is 2. The Bertz CT molecular complexity index is 817. The molecule has 0 aliphatic carbocycles. The van der Waals surface area contributed by atoms with E-state index in [1.165, 1.54) is 0 Å². The van der Waals surface area contributed by atoms with Crippen molar-refractivity contribution in [3.05, 3.63) is 71.8 Å². The van der Waals surface area contributed by atoms with Crippen LogP contribution in [0.1, 0.15) is 25.0 Å².